The molecule has 0 radical (unpaired) electrons. The van der Waals surface area contributed by atoms with E-state index in [4.69, 9.17) is 4.74 Å². The van der Waals surface area contributed by atoms with Crippen LogP contribution >= 0.6 is 0 Å². The van der Waals surface area contributed by atoms with Crippen molar-refractivity contribution in [2.75, 3.05) is 6.54 Å². The summed E-state index contributed by atoms with van der Waals surface area (Å²) in [6.45, 7) is 2.05. The van der Waals surface area contributed by atoms with E-state index in [1.165, 1.54) is 25.1 Å². The number of nitrogens with one attached hydrogen (secondary N) is 1. The van der Waals surface area contributed by atoms with E-state index in [9.17, 15) is 18.0 Å². The molecule has 0 bridgehead atoms. The van der Waals surface area contributed by atoms with E-state index in [2.05, 4.69) is 10.1 Å². The second-order valence-corrected chi connectivity index (χ2v) is 6.20. The van der Waals surface area contributed by atoms with E-state index in [0.717, 1.165) is 22.8 Å². The van der Waals surface area contributed by atoms with Gasteiger partial charge in [-0.05, 0) is 47.0 Å². The summed E-state index contributed by atoms with van der Waals surface area (Å²) in [5, 5.41) is 4.69. The summed E-state index contributed by atoms with van der Waals surface area (Å²) in [7, 11) is 0. The van der Waals surface area contributed by atoms with Crippen LogP contribution in [0, 0.1) is 0 Å². The first-order valence-electron chi connectivity index (χ1n) is 8.59. The van der Waals surface area contributed by atoms with Crippen LogP contribution in [-0.4, -0.2) is 18.8 Å². The molecule has 0 saturated carbocycles. The van der Waals surface area contributed by atoms with Crippen molar-refractivity contribution >= 4 is 16.7 Å². The molecule has 3 rings (SSSR count). The van der Waals surface area contributed by atoms with Gasteiger partial charge in [-0.15, -0.1) is 13.2 Å². The number of halogens is 3. The Hall–Kier alpha value is -3.22. The number of fused-ring (bicyclic) bond motifs is 1. The first kappa shape index (κ1) is 19.5. The molecular formula is C21H18F3NO3. The second-order valence-electron chi connectivity index (χ2n) is 6.20. The number of rotatable bonds is 6. The van der Waals surface area contributed by atoms with E-state index < -0.39 is 6.36 Å². The van der Waals surface area contributed by atoms with Crippen LogP contribution in [0.1, 0.15) is 12.5 Å². The van der Waals surface area contributed by atoms with Gasteiger partial charge in [0.1, 0.15) is 17.2 Å². The van der Waals surface area contributed by atoms with Crippen LogP contribution in [0.15, 0.2) is 60.7 Å². The Morgan fingerprint density at radius 1 is 0.929 bits per heavy atom. The van der Waals surface area contributed by atoms with Crippen molar-refractivity contribution in [1.82, 2.24) is 5.32 Å². The molecule has 0 heterocycles. The fourth-order valence-electron chi connectivity index (χ4n) is 2.75. The highest BCUT2D eigenvalue weighted by Crippen LogP contribution is 2.30. The molecule has 0 atom stereocenters. The zero-order valence-electron chi connectivity index (χ0n) is 15.0. The van der Waals surface area contributed by atoms with Gasteiger partial charge in [-0.1, -0.05) is 30.3 Å². The van der Waals surface area contributed by atoms with Crippen LogP contribution < -0.4 is 14.8 Å². The third kappa shape index (κ3) is 5.64. The van der Waals surface area contributed by atoms with Gasteiger partial charge in [-0.3, -0.25) is 4.79 Å². The number of carbonyl (C=O) groups is 1. The first-order chi connectivity index (χ1) is 13.3. The number of carbonyl (C=O) groups excluding carboxylic acids is 1. The second kappa shape index (κ2) is 8.21. The average molecular weight is 389 g/mol. The summed E-state index contributed by atoms with van der Waals surface area (Å²) >= 11 is 0. The van der Waals surface area contributed by atoms with Gasteiger partial charge >= 0.3 is 6.36 Å². The number of hydrogen-bond acceptors (Lipinski definition) is 3. The van der Waals surface area contributed by atoms with E-state index in [1.807, 2.05) is 30.3 Å². The Labute approximate surface area is 159 Å². The fraction of sp³-hybridized carbons (Fsp3) is 0.190. The lowest BCUT2D eigenvalue weighted by Crippen LogP contribution is -2.22. The molecule has 0 fully saturated rings. The first-order valence-corrected chi connectivity index (χ1v) is 8.59. The molecule has 146 valence electrons. The number of amides is 1. The van der Waals surface area contributed by atoms with Crippen molar-refractivity contribution in [3.05, 3.63) is 66.2 Å². The van der Waals surface area contributed by atoms with Crippen molar-refractivity contribution < 1.29 is 27.4 Å². The largest absolute Gasteiger partial charge is 0.573 e. The number of hydrogen-bond donors (Lipinski definition) is 1. The van der Waals surface area contributed by atoms with Crippen molar-refractivity contribution in [2.45, 2.75) is 19.7 Å². The Kier molecular flexibility index (Phi) is 5.73. The van der Waals surface area contributed by atoms with Gasteiger partial charge in [0, 0.05) is 19.5 Å². The quantitative estimate of drug-likeness (QED) is 0.630. The molecule has 7 heteroatoms. The van der Waals surface area contributed by atoms with Crippen LogP contribution in [0.5, 0.6) is 17.2 Å². The standard InChI is InChI=1S/C21H18F3NO3/c1-14(26)25-10-9-15-5-6-17-12-19(8-7-16(17)11-15)27-18-3-2-4-20(13-18)28-21(22,23)24/h2-8,11-13H,9-10H2,1H3,(H,25,26). The highest BCUT2D eigenvalue weighted by atomic mass is 19.4. The molecule has 0 aromatic heterocycles. The van der Waals surface area contributed by atoms with Crippen LogP contribution in [0.4, 0.5) is 13.2 Å². The maximum absolute atomic E-state index is 12.3. The molecule has 0 aliphatic heterocycles. The molecule has 3 aromatic rings. The van der Waals surface area contributed by atoms with Crippen LogP contribution in [0.3, 0.4) is 0 Å². The zero-order valence-corrected chi connectivity index (χ0v) is 15.0. The third-order valence-corrected chi connectivity index (χ3v) is 3.94. The van der Waals surface area contributed by atoms with Crippen LogP contribution in [-0.2, 0) is 11.2 Å². The number of alkyl halides is 3. The highest BCUT2D eigenvalue weighted by molar-refractivity contribution is 5.84. The molecule has 0 aliphatic carbocycles. The molecule has 0 saturated heterocycles. The van der Waals surface area contributed by atoms with E-state index in [0.29, 0.717) is 12.3 Å². The van der Waals surface area contributed by atoms with Crippen LogP contribution in [0.25, 0.3) is 10.8 Å². The predicted octanol–water partition coefficient (Wildman–Crippen LogP) is 5.21. The zero-order chi connectivity index (χ0) is 20.1. The normalized spacial score (nSPS) is 11.3. The lowest BCUT2D eigenvalue weighted by molar-refractivity contribution is -0.274. The molecule has 1 amide bonds. The van der Waals surface area contributed by atoms with Crippen molar-refractivity contribution in [1.29, 1.82) is 0 Å². The summed E-state index contributed by atoms with van der Waals surface area (Å²) in [6, 6.07) is 16.7. The lowest BCUT2D eigenvalue weighted by Gasteiger charge is -2.11. The molecule has 4 nitrogen and oxygen atoms in total. The van der Waals surface area contributed by atoms with Gasteiger partial charge in [0.25, 0.3) is 0 Å². The monoisotopic (exact) mass is 389 g/mol. The summed E-state index contributed by atoms with van der Waals surface area (Å²) in [6.07, 6.45) is -4.03. The van der Waals surface area contributed by atoms with E-state index in [1.54, 1.807) is 12.1 Å². The Morgan fingerprint density at radius 2 is 1.61 bits per heavy atom. The Bertz CT molecular complexity index is 986. The SMILES string of the molecule is CC(=O)NCCc1ccc2cc(Oc3cccc(OC(F)(F)F)c3)ccc2c1. The minimum atomic E-state index is -4.75. The Balaban J connectivity index is 1.72. The Morgan fingerprint density at radius 3 is 2.36 bits per heavy atom. The van der Waals surface area contributed by atoms with Gasteiger partial charge in [0.15, 0.2) is 0 Å². The molecule has 0 aliphatic rings. The van der Waals surface area contributed by atoms with Crippen molar-refractivity contribution in [2.24, 2.45) is 0 Å². The number of ether oxygens (including phenoxy) is 2. The summed E-state index contributed by atoms with van der Waals surface area (Å²) in [5.41, 5.74) is 1.09. The van der Waals surface area contributed by atoms with E-state index >= 15 is 0 Å². The number of benzene rings is 3. The summed E-state index contributed by atoms with van der Waals surface area (Å²) in [4.78, 5) is 10.9. The van der Waals surface area contributed by atoms with E-state index in [-0.39, 0.29) is 17.4 Å². The van der Waals surface area contributed by atoms with Gasteiger partial charge < -0.3 is 14.8 Å². The van der Waals surface area contributed by atoms with Crippen molar-refractivity contribution in [3.63, 3.8) is 0 Å². The molecule has 1 N–H and O–H groups in total. The lowest BCUT2D eigenvalue weighted by atomic mass is 10.0. The highest BCUT2D eigenvalue weighted by Gasteiger charge is 2.31. The minimum absolute atomic E-state index is 0.0627. The van der Waals surface area contributed by atoms with Gasteiger partial charge in [0.2, 0.25) is 5.91 Å². The smallest absolute Gasteiger partial charge is 0.457 e. The molecule has 0 spiro atoms. The van der Waals surface area contributed by atoms with Gasteiger partial charge in [-0.2, -0.15) is 0 Å². The summed E-state index contributed by atoms with van der Waals surface area (Å²) < 4.78 is 46.6. The molecule has 28 heavy (non-hydrogen) atoms. The predicted molar refractivity (Wildman–Crippen MR) is 99.5 cm³/mol. The van der Waals surface area contributed by atoms with Gasteiger partial charge in [0.05, 0.1) is 0 Å². The molecule has 0 unspecified atom stereocenters. The topological polar surface area (TPSA) is 47.6 Å². The van der Waals surface area contributed by atoms with Gasteiger partial charge in [-0.25, -0.2) is 0 Å². The summed E-state index contributed by atoms with van der Waals surface area (Å²) in [5.74, 6) is 0.345. The average Bonchev–Trinajstić information content (AvgIpc) is 2.60. The molecular weight excluding hydrogens is 371 g/mol. The fourth-order valence-corrected chi connectivity index (χ4v) is 2.75. The maximum Gasteiger partial charge on any atom is 0.573 e. The van der Waals surface area contributed by atoms with Crippen LogP contribution in [0.2, 0.25) is 0 Å². The molecule has 3 aromatic carbocycles. The van der Waals surface area contributed by atoms with Crippen molar-refractivity contribution in [3.8, 4) is 17.2 Å². The minimum Gasteiger partial charge on any atom is -0.457 e. The maximum atomic E-state index is 12.3. The third-order valence-electron chi connectivity index (χ3n) is 3.94.